The van der Waals surface area contributed by atoms with Gasteiger partial charge in [-0.2, -0.15) is 0 Å². The second-order valence-electron chi connectivity index (χ2n) is 5.05. The van der Waals surface area contributed by atoms with E-state index in [0.29, 0.717) is 29.0 Å². The van der Waals surface area contributed by atoms with Gasteiger partial charge in [0, 0.05) is 6.42 Å². The average Bonchev–Trinajstić information content (AvgIpc) is 2.97. The van der Waals surface area contributed by atoms with Crippen LogP contribution in [0.2, 0.25) is 0 Å². The van der Waals surface area contributed by atoms with Crippen LogP contribution in [-0.4, -0.2) is 35.3 Å². The van der Waals surface area contributed by atoms with Gasteiger partial charge in [-0.25, -0.2) is 9.78 Å². The monoisotopic (exact) mass is 312 g/mol. The SMILES string of the molecule is COc1ccc(Cc2nc3c(OC)ccc(C(=O)O)c3[nH]2)cc1. The Balaban J connectivity index is 2.01. The fraction of sp³-hybridized carbons (Fsp3) is 0.176. The molecule has 6 heteroatoms. The maximum atomic E-state index is 11.4. The van der Waals surface area contributed by atoms with Gasteiger partial charge in [-0.05, 0) is 29.8 Å². The topological polar surface area (TPSA) is 84.4 Å². The maximum Gasteiger partial charge on any atom is 0.337 e. The van der Waals surface area contributed by atoms with Crippen molar-refractivity contribution in [3.63, 3.8) is 0 Å². The van der Waals surface area contributed by atoms with Gasteiger partial charge < -0.3 is 19.6 Å². The molecule has 118 valence electrons. The smallest absolute Gasteiger partial charge is 0.337 e. The van der Waals surface area contributed by atoms with Crippen LogP contribution in [0, 0.1) is 0 Å². The van der Waals surface area contributed by atoms with Gasteiger partial charge in [0.2, 0.25) is 0 Å². The van der Waals surface area contributed by atoms with Gasteiger partial charge in [-0.15, -0.1) is 0 Å². The minimum absolute atomic E-state index is 0.175. The summed E-state index contributed by atoms with van der Waals surface area (Å²) in [6, 6.07) is 10.8. The number of fused-ring (bicyclic) bond motifs is 1. The maximum absolute atomic E-state index is 11.4. The minimum atomic E-state index is -1.00. The number of nitrogens with zero attached hydrogens (tertiary/aromatic N) is 1. The first-order chi connectivity index (χ1) is 11.1. The number of benzene rings is 2. The summed E-state index contributed by atoms with van der Waals surface area (Å²) in [5.74, 6) is 1.00. The molecule has 0 amide bonds. The third kappa shape index (κ3) is 2.83. The molecule has 0 saturated heterocycles. The van der Waals surface area contributed by atoms with Crippen LogP contribution in [0.3, 0.4) is 0 Å². The number of carboxylic acids is 1. The Bertz CT molecular complexity index is 853. The predicted molar refractivity (Wildman–Crippen MR) is 85.4 cm³/mol. The van der Waals surface area contributed by atoms with Gasteiger partial charge in [0.25, 0.3) is 0 Å². The van der Waals surface area contributed by atoms with Gasteiger partial charge in [-0.1, -0.05) is 12.1 Å². The van der Waals surface area contributed by atoms with E-state index < -0.39 is 5.97 Å². The van der Waals surface area contributed by atoms with E-state index in [0.717, 1.165) is 11.3 Å². The normalized spacial score (nSPS) is 10.7. The summed E-state index contributed by atoms with van der Waals surface area (Å²) >= 11 is 0. The molecule has 2 N–H and O–H groups in total. The lowest BCUT2D eigenvalue weighted by Crippen LogP contribution is -1.98. The molecule has 0 aliphatic carbocycles. The summed E-state index contributed by atoms with van der Waals surface area (Å²) < 4.78 is 10.4. The van der Waals surface area contributed by atoms with Crippen molar-refractivity contribution in [2.75, 3.05) is 14.2 Å². The highest BCUT2D eigenvalue weighted by Gasteiger charge is 2.16. The van der Waals surface area contributed by atoms with Crippen molar-refractivity contribution in [1.82, 2.24) is 9.97 Å². The molecule has 0 bridgehead atoms. The number of hydrogen-bond donors (Lipinski definition) is 2. The van der Waals surface area contributed by atoms with Crippen LogP contribution in [-0.2, 0) is 6.42 Å². The standard InChI is InChI=1S/C17H16N2O4/c1-22-11-5-3-10(4-6-11)9-14-18-15-12(17(20)21)7-8-13(23-2)16(15)19-14/h3-8H,9H2,1-2H3,(H,18,19)(H,20,21). The van der Waals surface area contributed by atoms with Crippen molar-refractivity contribution >= 4 is 17.0 Å². The van der Waals surface area contributed by atoms with Crippen LogP contribution in [0.15, 0.2) is 36.4 Å². The lowest BCUT2D eigenvalue weighted by Gasteiger charge is -2.02. The molecule has 0 radical (unpaired) electrons. The van der Waals surface area contributed by atoms with Gasteiger partial charge in [0.15, 0.2) is 0 Å². The fourth-order valence-electron chi connectivity index (χ4n) is 2.48. The number of aromatic nitrogens is 2. The molecule has 23 heavy (non-hydrogen) atoms. The number of H-pyrrole nitrogens is 1. The Morgan fingerprint density at radius 1 is 1.13 bits per heavy atom. The summed E-state index contributed by atoms with van der Waals surface area (Å²) in [5, 5.41) is 9.30. The third-order valence-corrected chi connectivity index (χ3v) is 3.64. The zero-order valence-corrected chi connectivity index (χ0v) is 12.8. The van der Waals surface area contributed by atoms with Crippen LogP contribution in [0.4, 0.5) is 0 Å². The highest BCUT2D eigenvalue weighted by Crippen LogP contribution is 2.27. The number of carbonyl (C=O) groups is 1. The number of methoxy groups -OCH3 is 2. The molecule has 0 saturated carbocycles. The number of rotatable bonds is 5. The van der Waals surface area contributed by atoms with Gasteiger partial charge >= 0.3 is 5.97 Å². The molecule has 0 aliphatic heterocycles. The molecule has 0 aliphatic rings. The van der Waals surface area contributed by atoms with Crippen LogP contribution in [0.5, 0.6) is 11.5 Å². The van der Waals surface area contributed by atoms with Crippen molar-refractivity contribution in [1.29, 1.82) is 0 Å². The van der Waals surface area contributed by atoms with Gasteiger partial charge in [0.05, 0.1) is 25.3 Å². The molecule has 1 aromatic heterocycles. The first-order valence-corrected chi connectivity index (χ1v) is 7.04. The molecule has 0 unspecified atom stereocenters. The molecule has 3 rings (SSSR count). The Morgan fingerprint density at radius 3 is 2.48 bits per heavy atom. The van der Waals surface area contributed by atoms with E-state index in [-0.39, 0.29) is 5.56 Å². The van der Waals surface area contributed by atoms with E-state index in [2.05, 4.69) is 9.97 Å². The fourth-order valence-corrected chi connectivity index (χ4v) is 2.48. The Labute approximate surface area is 132 Å². The zero-order valence-electron chi connectivity index (χ0n) is 12.8. The zero-order chi connectivity index (χ0) is 16.4. The lowest BCUT2D eigenvalue weighted by molar-refractivity contribution is 0.0699. The minimum Gasteiger partial charge on any atom is -0.497 e. The van der Waals surface area contributed by atoms with Crippen molar-refractivity contribution in [3.8, 4) is 11.5 Å². The van der Waals surface area contributed by atoms with E-state index in [9.17, 15) is 9.90 Å². The summed E-state index contributed by atoms with van der Waals surface area (Å²) in [6.45, 7) is 0. The van der Waals surface area contributed by atoms with E-state index in [1.165, 1.54) is 13.2 Å². The van der Waals surface area contributed by atoms with E-state index in [1.807, 2.05) is 24.3 Å². The Morgan fingerprint density at radius 2 is 1.87 bits per heavy atom. The lowest BCUT2D eigenvalue weighted by atomic mass is 10.1. The first kappa shape index (κ1) is 14.9. The quantitative estimate of drug-likeness (QED) is 0.757. The first-order valence-electron chi connectivity index (χ1n) is 7.04. The number of aromatic carboxylic acids is 1. The van der Waals surface area contributed by atoms with Crippen LogP contribution >= 0.6 is 0 Å². The highest BCUT2D eigenvalue weighted by molar-refractivity contribution is 6.02. The van der Waals surface area contributed by atoms with Gasteiger partial charge in [0.1, 0.15) is 22.8 Å². The third-order valence-electron chi connectivity index (χ3n) is 3.64. The van der Waals surface area contributed by atoms with Crippen LogP contribution < -0.4 is 9.47 Å². The summed E-state index contributed by atoms with van der Waals surface area (Å²) in [6.07, 6.45) is 0.556. The van der Waals surface area contributed by atoms with E-state index >= 15 is 0 Å². The second-order valence-corrected chi connectivity index (χ2v) is 5.05. The van der Waals surface area contributed by atoms with E-state index in [4.69, 9.17) is 9.47 Å². The Kier molecular flexibility index (Phi) is 3.89. The number of ether oxygens (including phenoxy) is 2. The van der Waals surface area contributed by atoms with E-state index in [1.54, 1.807) is 13.2 Å². The number of carboxylic acid groups (broad SMARTS) is 1. The largest absolute Gasteiger partial charge is 0.497 e. The number of aromatic amines is 1. The number of imidazole rings is 1. The molecule has 0 spiro atoms. The molecule has 6 nitrogen and oxygen atoms in total. The molecule has 3 aromatic rings. The predicted octanol–water partition coefficient (Wildman–Crippen LogP) is 2.87. The number of nitrogens with one attached hydrogen (secondary N) is 1. The summed E-state index contributed by atoms with van der Waals surface area (Å²) in [4.78, 5) is 18.9. The van der Waals surface area contributed by atoms with Crippen molar-refractivity contribution in [3.05, 3.63) is 53.3 Å². The molecule has 0 fully saturated rings. The van der Waals surface area contributed by atoms with Crippen molar-refractivity contribution in [2.24, 2.45) is 0 Å². The summed E-state index contributed by atoms with van der Waals surface area (Å²) in [7, 11) is 3.15. The summed E-state index contributed by atoms with van der Waals surface area (Å²) in [5.41, 5.74) is 2.21. The molecule has 2 aromatic carbocycles. The number of hydrogen-bond acceptors (Lipinski definition) is 4. The molecular formula is C17H16N2O4. The van der Waals surface area contributed by atoms with Gasteiger partial charge in [-0.3, -0.25) is 0 Å². The highest BCUT2D eigenvalue weighted by atomic mass is 16.5. The average molecular weight is 312 g/mol. The Hall–Kier alpha value is -3.02. The second kappa shape index (κ2) is 6.00. The van der Waals surface area contributed by atoms with Crippen LogP contribution in [0.1, 0.15) is 21.7 Å². The van der Waals surface area contributed by atoms with Crippen molar-refractivity contribution < 1.29 is 19.4 Å². The molecule has 0 atom stereocenters. The van der Waals surface area contributed by atoms with Crippen molar-refractivity contribution in [2.45, 2.75) is 6.42 Å². The molecular weight excluding hydrogens is 296 g/mol. The molecule has 1 heterocycles. The van der Waals surface area contributed by atoms with Crippen LogP contribution in [0.25, 0.3) is 11.0 Å².